The van der Waals surface area contributed by atoms with Crippen LogP contribution in [0.1, 0.15) is 309 Å². The number of unbranched alkanes of at least 4 members (excludes halogenated alkanes) is 39. The van der Waals surface area contributed by atoms with Gasteiger partial charge in [0.05, 0.1) is 18.8 Å². The first-order valence-corrected chi connectivity index (χ1v) is 28.8. The topological polar surface area (TPSA) is 89.8 Å². The summed E-state index contributed by atoms with van der Waals surface area (Å²) in [5, 5.41) is 33.7. The molecule has 0 fully saturated rings. The fourth-order valence-electron chi connectivity index (χ4n) is 9.00. The lowest BCUT2D eigenvalue weighted by Crippen LogP contribution is -2.50. The van der Waals surface area contributed by atoms with Gasteiger partial charge in [0.15, 0.2) is 0 Å². The Balaban J connectivity index is 3.59. The highest BCUT2D eigenvalue weighted by atomic mass is 16.3. The highest BCUT2D eigenvalue weighted by Gasteiger charge is 2.26. The molecule has 0 bridgehead atoms. The summed E-state index contributed by atoms with van der Waals surface area (Å²) in [4.78, 5) is 12.5. The van der Waals surface area contributed by atoms with E-state index in [2.05, 4.69) is 55.6 Å². The van der Waals surface area contributed by atoms with Gasteiger partial charge in [-0.3, -0.25) is 4.79 Å². The highest BCUT2D eigenvalue weighted by Crippen LogP contribution is 2.17. The summed E-state index contributed by atoms with van der Waals surface area (Å²) >= 11 is 0. The monoisotopic (exact) mass is 900 g/mol. The van der Waals surface area contributed by atoms with E-state index in [1.807, 2.05) is 0 Å². The number of carbonyl (C=O) groups is 1. The van der Waals surface area contributed by atoms with Crippen LogP contribution < -0.4 is 5.32 Å². The van der Waals surface area contributed by atoms with Gasteiger partial charge in [-0.1, -0.05) is 262 Å². The third kappa shape index (κ3) is 48.5. The number of aliphatic hydroxyl groups excluding tert-OH is 3. The van der Waals surface area contributed by atoms with E-state index in [1.165, 1.54) is 238 Å². The van der Waals surface area contributed by atoms with Crippen LogP contribution in [-0.4, -0.2) is 46.1 Å². The molecular formula is C59H113NO4. The fourth-order valence-corrected chi connectivity index (χ4v) is 9.00. The van der Waals surface area contributed by atoms with Crippen LogP contribution in [0.4, 0.5) is 0 Å². The van der Waals surface area contributed by atoms with Crippen LogP contribution in [0.5, 0.6) is 0 Å². The number of rotatable bonds is 53. The van der Waals surface area contributed by atoms with Gasteiger partial charge in [-0.2, -0.15) is 0 Å². The molecule has 0 saturated heterocycles. The maximum absolute atomic E-state index is 12.5. The molecule has 0 aromatic heterocycles. The molecular weight excluding hydrogens is 787 g/mol. The van der Waals surface area contributed by atoms with Crippen LogP contribution in [-0.2, 0) is 4.79 Å². The molecule has 3 atom stereocenters. The van der Waals surface area contributed by atoms with Gasteiger partial charge in [-0.15, -0.1) is 0 Å². The summed E-state index contributed by atoms with van der Waals surface area (Å²) in [5.41, 5.74) is 0. The average Bonchev–Trinajstić information content (AvgIpc) is 3.30. The SMILES string of the molecule is CCCCCCCCCCCCCC/C=C\CCCCCCCCCCCCCC(=O)NC(CO)C(O)C(O)CCC/C=C/CC/C=C/CCCCCCCCCCCCCCCC. The van der Waals surface area contributed by atoms with Crippen LogP contribution in [0, 0.1) is 0 Å². The second kappa shape index (κ2) is 54.2. The number of nitrogens with one attached hydrogen (secondary N) is 1. The third-order valence-electron chi connectivity index (χ3n) is 13.4. The van der Waals surface area contributed by atoms with Gasteiger partial charge in [0.1, 0.15) is 6.10 Å². The van der Waals surface area contributed by atoms with Crippen molar-refractivity contribution >= 4 is 5.91 Å². The van der Waals surface area contributed by atoms with Crippen molar-refractivity contribution in [2.75, 3.05) is 6.61 Å². The molecule has 5 nitrogen and oxygen atoms in total. The predicted molar refractivity (Wildman–Crippen MR) is 282 cm³/mol. The Morgan fingerprint density at radius 2 is 0.641 bits per heavy atom. The summed E-state index contributed by atoms with van der Waals surface area (Å²) in [6, 6.07) is -0.834. The first-order chi connectivity index (χ1) is 31.6. The maximum atomic E-state index is 12.5. The van der Waals surface area contributed by atoms with E-state index in [-0.39, 0.29) is 12.5 Å². The molecule has 0 aliphatic rings. The summed E-state index contributed by atoms with van der Waals surface area (Å²) < 4.78 is 0. The lowest BCUT2D eigenvalue weighted by Gasteiger charge is -2.26. The number of allylic oxidation sites excluding steroid dienone is 6. The largest absolute Gasteiger partial charge is 0.394 e. The van der Waals surface area contributed by atoms with Gasteiger partial charge < -0.3 is 20.6 Å². The Morgan fingerprint density at radius 3 is 0.953 bits per heavy atom. The van der Waals surface area contributed by atoms with E-state index in [0.717, 1.165) is 44.9 Å². The molecule has 0 aliphatic heterocycles. The predicted octanol–water partition coefficient (Wildman–Crippen LogP) is 17.8. The van der Waals surface area contributed by atoms with Crippen molar-refractivity contribution in [3.05, 3.63) is 36.5 Å². The van der Waals surface area contributed by atoms with Gasteiger partial charge in [0, 0.05) is 6.42 Å². The zero-order chi connectivity index (χ0) is 46.5. The minimum atomic E-state index is -1.17. The lowest BCUT2D eigenvalue weighted by molar-refractivity contribution is -0.124. The van der Waals surface area contributed by atoms with Crippen LogP contribution in [0.25, 0.3) is 0 Å². The molecule has 0 saturated carbocycles. The molecule has 0 spiro atoms. The smallest absolute Gasteiger partial charge is 0.220 e. The molecule has 64 heavy (non-hydrogen) atoms. The number of hydrogen-bond donors (Lipinski definition) is 4. The van der Waals surface area contributed by atoms with Crippen molar-refractivity contribution in [2.45, 2.75) is 327 Å². The summed E-state index contributed by atoms with van der Waals surface area (Å²) in [6.07, 6.45) is 70.2. The van der Waals surface area contributed by atoms with E-state index in [1.54, 1.807) is 0 Å². The van der Waals surface area contributed by atoms with Crippen molar-refractivity contribution in [3.63, 3.8) is 0 Å². The third-order valence-corrected chi connectivity index (χ3v) is 13.4. The second-order valence-electron chi connectivity index (χ2n) is 19.8. The molecule has 0 aromatic rings. The second-order valence-corrected chi connectivity index (χ2v) is 19.8. The van der Waals surface area contributed by atoms with Crippen LogP contribution in [0.15, 0.2) is 36.5 Å². The molecule has 3 unspecified atom stereocenters. The number of aliphatic hydroxyl groups is 3. The van der Waals surface area contributed by atoms with E-state index < -0.39 is 18.2 Å². The maximum Gasteiger partial charge on any atom is 0.220 e. The quantitative estimate of drug-likeness (QED) is 0.0362. The molecule has 5 heteroatoms. The van der Waals surface area contributed by atoms with Gasteiger partial charge >= 0.3 is 0 Å². The molecule has 0 radical (unpaired) electrons. The van der Waals surface area contributed by atoms with E-state index >= 15 is 0 Å². The zero-order valence-electron chi connectivity index (χ0n) is 43.2. The highest BCUT2D eigenvalue weighted by molar-refractivity contribution is 5.76. The Kier molecular flexibility index (Phi) is 53.0. The number of hydrogen-bond acceptors (Lipinski definition) is 4. The average molecular weight is 901 g/mol. The summed E-state index contributed by atoms with van der Waals surface area (Å²) in [6.45, 7) is 4.20. The normalized spacial score (nSPS) is 13.5. The Bertz CT molecular complexity index is 993. The van der Waals surface area contributed by atoms with Crippen molar-refractivity contribution in [1.82, 2.24) is 5.32 Å². The molecule has 4 N–H and O–H groups in total. The van der Waals surface area contributed by atoms with Crippen LogP contribution in [0.3, 0.4) is 0 Å². The summed E-state index contributed by atoms with van der Waals surface area (Å²) in [7, 11) is 0. The van der Waals surface area contributed by atoms with Crippen LogP contribution in [0.2, 0.25) is 0 Å². The zero-order valence-corrected chi connectivity index (χ0v) is 43.2. The number of amides is 1. The molecule has 1 amide bonds. The van der Waals surface area contributed by atoms with Crippen molar-refractivity contribution in [1.29, 1.82) is 0 Å². The van der Waals surface area contributed by atoms with E-state index in [0.29, 0.717) is 12.8 Å². The molecule has 0 aromatic carbocycles. The van der Waals surface area contributed by atoms with E-state index in [9.17, 15) is 20.1 Å². The lowest BCUT2D eigenvalue weighted by atomic mass is 10.0. The Hall–Kier alpha value is -1.43. The van der Waals surface area contributed by atoms with Gasteiger partial charge in [-0.25, -0.2) is 0 Å². The first-order valence-electron chi connectivity index (χ1n) is 28.8. The minimum absolute atomic E-state index is 0.156. The number of carbonyl (C=O) groups excluding carboxylic acids is 1. The minimum Gasteiger partial charge on any atom is -0.394 e. The van der Waals surface area contributed by atoms with E-state index in [4.69, 9.17) is 0 Å². The van der Waals surface area contributed by atoms with Crippen LogP contribution >= 0.6 is 0 Å². The molecule has 0 heterocycles. The molecule has 0 rings (SSSR count). The molecule has 0 aliphatic carbocycles. The first kappa shape index (κ1) is 62.6. The Morgan fingerprint density at radius 1 is 0.375 bits per heavy atom. The fraction of sp³-hybridized carbons (Fsp3) is 0.881. The van der Waals surface area contributed by atoms with Gasteiger partial charge in [0.2, 0.25) is 5.91 Å². The van der Waals surface area contributed by atoms with Crippen molar-refractivity contribution < 1.29 is 20.1 Å². The standard InChI is InChI=1S/C59H113NO4/c1-3-5-7-9-11-13-15-17-19-21-23-25-27-28-29-30-32-34-36-38-40-42-44-46-48-50-52-54-58(63)60-56(55-61)59(64)57(62)53-51-49-47-45-43-41-39-37-35-33-31-26-24-22-20-18-16-14-12-10-8-6-4-2/h28-29,37,39,45,47,56-57,59,61-62,64H,3-27,30-36,38,40-44,46,48-55H2,1-2H3,(H,60,63)/b29-28-,39-37+,47-45+. The van der Waals surface area contributed by atoms with Gasteiger partial charge in [-0.05, 0) is 77.0 Å². The van der Waals surface area contributed by atoms with Crippen molar-refractivity contribution in [3.8, 4) is 0 Å². The molecule has 378 valence electrons. The Labute approximate surface area is 400 Å². The van der Waals surface area contributed by atoms with Gasteiger partial charge in [0.25, 0.3) is 0 Å². The van der Waals surface area contributed by atoms with Crippen molar-refractivity contribution in [2.24, 2.45) is 0 Å². The summed E-state index contributed by atoms with van der Waals surface area (Å²) in [5.74, 6) is -0.156.